The molecule has 0 aromatic carbocycles. The van der Waals surface area contributed by atoms with E-state index in [0.29, 0.717) is 0 Å². The molecule has 1 aliphatic rings. The first-order valence-electron chi connectivity index (χ1n) is 3.77. The van der Waals surface area contributed by atoms with Crippen molar-refractivity contribution in [2.24, 2.45) is 0 Å². The van der Waals surface area contributed by atoms with E-state index in [4.69, 9.17) is 12.2 Å². The first-order chi connectivity index (χ1) is 5.79. The van der Waals surface area contributed by atoms with Crippen molar-refractivity contribution in [2.75, 3.05) is 0 Å². The molecule has 1 aromatic heterocycles. The predicted molar refractivity (Wildman–Crippen MR) is 63.4 cm³/mol. The van der Waals surface area contributed by atoms with E-state index in [1.807, 2.05) is 23.5 Å². The topological polar surface area (TPSA) is 0 Å². The Morgan fingerprint density at radius 2 is 1.83 bits per heavy atom. The second kappa shape index (κ2) is 4.00. The highest BCUT2D eigenvalue weighted by molar-refractivity contribution is 8.21. The van der Waals surface area contributed by atoms with E-state index in [1.165, 1.54) is 21.3 Å². The van der Waals surface area contributed by atoms with E-state index in [9.17, 15) is 0 Å². The summed E-state index contributed by atoms with van der Waals surface area (Å²) in [5.74, 6) is 0. The van der Waals surface area contributed by atoms with Gasteiger partial charge >= 0.3 is 0 Å². The largest absolute Gasteiger partial charge is 0.145 e. The Morgan fingerprint density at radius 3 is 2.33 bits per heavy atom. The van der Waals surface area contributed by atoms with Gasteiger partial charge in [-0.05, 0) is 6.42 Å². The smallest absolute Gasteiger partial charge is 0.105 e. The molecule has 0 saturated heterocycles. The van der Waals surface area contributed by atoms with Crippen molar-refractivity contribution < 1.29 is 0 Å². The highest BCUT2D eigenvalue weighted by atomic mass is 32.2. The normalized spacial score (nSPS) is 16.8. The molecular formula is C7H8S5. The van der Waals surface area contributed by atoms with Crippen LogP contribution in [0.2, 0.25) is 0 Å². The fourth-order valence-corrected chi connectivity index (χ4v) is 8.46. The Balaban J connectivity index is 2.13. The fourth-order valence-electron chi connectivity index (χ4n) is 1.02. The van der Waals surface area contributed by atoms with Gasteiger partial charge in [-0.15, -0.1) is 22.7 Å². The second-order valence-electron chi connectivity index (χ2n) is 2.48. The predicted octanol–water partition coefficient (Wildman–Crippen LogP) is 4.86. The maximum absolute atomic E-state index is 5.13. The molecule has 1 aromatic rings. The summed E-state index contributed by atoms with van der Waals surface area (Å²) < 4.78 is 4.78. The van der Waals surface area contributed by atoms with Gasteiger partial charge in [-0.2, -0.15) is 0 Å². The lowest BCUT2D eigenvalue weighted by Crippen LogP contribution is -1.88. The van der Waals surface area contributed by atoms with Crippen molar-refractivity contribution in [2.45, 2.75) is 32.8 Å². The van der Waals surface area contributed by atoms with Gasteiger partial charge in [-0.1, -0.05) is 49.1 Å². The Hall–Kier alpha value is 0.970. The highest BCUT2D eigenvalue weighted by Gasteiger charge is 2.24. The molecule has 0 amide bonds. The number of fused-ring (bicyclic) bond motifs is 1. The van der Waals surface area contributed by atoms with E-state index >= 15 is 0 Å². The summed E-state index contributed by atoms with van der Waals surface area (Å²) in [6, 6.07) is 0. The Labute approximate surface area is 93.8 Å². The zero-order valence-electron chi connectivity index (χ0n) is 6.53. The number of rotatable bonds is 2. The molecular weight excluding hydrogens is 244 g/mol. The van der Waals surface area contributed by atoms with Gasteiger partial charge in [0.2, 0.25) is 0 Å². The first-order valence-corrected chi connectivity index (χ1v) is 7.57. The molecule has 0 aliphatic carbocycles. The van der Waals surface area contributed by atoms with Crippen LogP contribution in [-0.4, -0.2) is 4.58 Å². The minimum absolute atomic E-state index is 0.767. The molecule has 0 radical (unpaired) electrons. The maximum atomic E-state index is 5.13. The SMILES string of the molecule is CCCC1Sc2sc(=S)sc2S1. The van der Waals surface area contributed by atoms with Gasteiger partial charge in [0.1, 0.15) is 3.14 Å². The van der Waals surface area contributed by atoms with E-state index in [2.05, 4.69) is 6.92 Å². The molecule has 66 valence electrons. The molecule has 0 spiro atoms. The van der Waals surface area contributed by atoms with E-state index in [1.54, 1.807) is 22.7 Å². The first kappa shape index (κ1) is 9.52. The van der Waals surface area contributed by atoms with Crippen molar-refractivity contribution in [3.8, 4) is 0 Å². The van der Waals surface area contributed by atoms with Crippen LogP contribution in [0.5, 0.6) is 0 Å². The quantitative estimate of drug-likeness (QED) is 0.690. The third-order valence-electron chi connectivity index (χ3n) is 1.52. The molecule has 2 heterocycles. The van der Waals surface area contributed by atoms with Gasteiger partial charge in [0, 0.05) is 0 Å². The van der Waals surface area contributed by atoms with E-state index in [-0.39, 0.29) is 0 Å². The summed E-state index contributed by atoms with van der Waals surface area (Å²) in [6.45, 7) is 2.25. The van der Waals surface area contributed by atoms with Crippen LogP contribution >= 0.6 is 58.4 Å². The van der Waals surface area contributed by atoms with Crippen LogP contribution in [0.1, 0.15) is 19.8 Å². The summed E-state index contributed by atoms with van der Waals surface area (Å²) in [4.78, 5) is 0. The molecule has 5 heteroatoms. The lowest BCUT2D eigenvalue weighted by Gasteiger charge is -2.03. The molecule has 0 fully saturated rings. The van der Waals surface area contributed by atoms with Gasteiger partial charge in [0.25, 0.3) is 0 Å². The summed E-state index contributed by atoms with van der Waals surface area (Å²) in [5, 5.41) is 0. The number of hydrogen-bond donors (Lipinski definition) is 0. The third-order valence-corrected chi connectivity index (χ3v) is 7.64. The van der Waals surface area contributed by atoms with Gasteiger partial charge in [-0.25, -0.2) is 0 Å². The maximum Gasteiger partial charge on any atom is 0.145 e. The zero-order chi connectivity index (χ0) is 8.55. The van der Waals surface area contributed by atoms with Crippen LogP contribution in [0.4, 0.5) is 0 Å². The minimum Gasteiger partial charge on any atom is -0.105 e. The summed E-state index contributed by atoms with van der Waals surface area (Å²) in [6.07, 6.45) is 2.60. The van der Waals surface area contributed by atoms with Crippen LogP contribution in [0.15, 0.2) is 8.42 Å². The molecule has 0 atom stereocenters. The second-order valence-corrected chi connectivity index (χ2v) is 8.95. The third kappa shape index (κ3) is 1.90. The van der Waals surface area contributed by atoms with E-state index in [0.717, 1.165) is 7.72 Å². The van der Waals surface area contributed by atoms with Crippen molar-refractivity contribution in [3.63, 3.8) is 0 Å². The Bertz CT molecular complexity index is 296. The molecule has 0 nitrogen and oxygen atoms in total. The van der Waals surface area contributed by atoms with E-state index < -0.39 is 0 Å². The van der Waals surface area contributed by atoms with Crippen LogP contribution in [0.25, 0.3) is 0 Å². The highest BCUT2D eigenvalue weighted by Crippen LogP contribution is 2.54. The number of hydrogen-bond acceptors (Lipinski definition) is 5. The lowest BCUT2D eigenvalue weighted by molar-refractivity contribution is 0.873. The Morgan fingerprint density at radius 1 is 1.25 bits per heavy atom. The molecule has 0 bridgehead atoms. The molecule has 0 unspecified atom stereocenters. The lowest BCUT2D eigenvalue weighted by atomic mass is 10.4. The van der Waals surface area contributed by atoms with Crippen LogP contribution in [-0.2, 0) is 0 Å². The van der Waals surface area contributed by atoms with Gasteiger partial charge in [0.15, 0.2) is 0 Å². The van der Waals surface area contributed by atoms with Crippen LogP contribution in [0.3, 0.4) is 0 Å². The minimum atomic E-state index is 0.767. The summed E-state index contributed by atoms with van der Waals surface area (Å²) in [5.41, 5.74) is 0. The average molecular weight is 252 g/mol. The van der Waals surface area contributed by atoms with Gasteiger partial charge in [-0.3, -0.25) is 0 Å². The van der Waals surface area contributed by atoms with Gasteiger partial charge in [0.05, 0.1) is 13.0 Å². The average Bonchev–Trinajstić information content (AvgIpc) is 2.44. The summed E-state index contributed by atoms with van der Waals surface area (Å²) in [7, 11) is 0. The van der Waals surface area contributed by atoms with Crippen molar-refractivity contribution >= 4 is 58.4 Å². The van der Waals surface area contributed by atoms with Crippen molar-refractivity contribution in [1.29, 1.82) is 0 Å². The van der Waals surface area contributed by atoms with Crippen LogP contribution < -0.4 is 0 Å². The molecule has 0 saturated carbocycles. The van der Waals surface area contributed by atoms with Gasteiger partial charge < -0.3 is 0 Å². The monoisotopic (exact) mass is 252 g/mol. The molecule has 0 N–H and O–H groups in total. The molecule has 1 aliphatic heterocycles. The Kier molecular flexibility index (Phi) is 3.18. The standard InChI is InChI=1S/C7H8S5/c1-2-3-4-9-5-6(10-4)12-7(8)11-5/h4H,2-3H2,1H3. The number of thioether (sulfide) groups is 2. The fraction of sp³-hybridized carbons (Fsp3) is 0.571. The van der Waals surface area contributed by atoms with Crippen LogP contribution in [0, 0.1) is 3.14 Å². The summed E-state index contributed by atoms with van der Waals surface area (Å²) >= 11 is 12.7. The van der Waals surface area contributed by atoms with Crippen molar-refractivity contribution in [3.05, 3.63) is 3.14 Å². The zero-order valence-corrected chi connectivity index (χ0v) is 10.6. The molecule has 12 heavy (non-hydrogen) atoms. The van der Waals surface area contributed by atoms with Crippen molar-refractivity contribution in [1.82, 2.24) is 0 Å². The molecule has 2 rings (SSSR count).